The lowest BCUT2D eigenvalue weighted by atomic mass is 10.1. The summed E-state index contributed by atoms with van der Waals surface area (Å²) in [6.45, 7) is 4.20. The summed E-state index contributed by atoms with van der Waals surface area (Å²) in [7, 11) is 0. The molecular weight excluding hydrogens is 224 g/mol. The van der Waals surface area contributed by atoms with Gasteiger partial charge in [-0.25, -0.2) is 4.98 Å². The minimum absolute atomic E-state index is 0.344. The summed E-state index contributed by atoms with van der Waals surface area (Å²) < 4.78 is 0. The summed E-state index contributed by atoms with van der Waals surface area (Å²) in [6.07, 6.45) is 1.97. The smallest absolute Gasteiger partial charge is 0.145 e. The van der Waals surface area contributed by atoms with Gasteiger partial charge in [0.2, 0.25) is 0 Å². The van der Waals surface area contributed by atoms with E-state index in [0.29, 0.717) is 11.7 Å². The molecular formula is C14H16N4. The van der Waals surface area contributed by atoms with Crippen molar-refractivity contribution in [2.45, 2.75) is 19.8 Å². The second-order valence-corrected chi connectivity index (χ2v) is 4.79. The van der Waals surface area contributed by atoms with Crippen LogP contribution in [0.3, 0.4) is 0 Å². The van der Waals surface area contributed by atoms with Crippen LogP contribution in [0.2, 0.25) is 0 Å². The van der Waals surface area contributed by atoms with Crippen LogP contribution in [0.1, 0.15) is 25.5 Å². The summed E-state index contributed by atoms with van der Waals surface area (Å²) >= 11 is 0. The van der Waals surface area contributed by atoms with Crippen LogP contribution in [-0.4, -0.2) is 15.0 Å². The van der Waals surface area contributed by atoms with Crippen LogP contribution in [0.5, 0.6) is 0 Å². The van der Waals surface area contributed by atoms with Gasteiger partial charge in [0.05, 0.1) is 5.69 Å². The van der Waals surface area contributed by atoms with Crippen molar-refractivity contribution in [3.63, 3.8) is 0 Å². The molecule has 0 amide bonds. The maximum Gasteiger partial charge on any atom is 0.145 e. The number of rotatable bonds is 2. The Morgan fingerprint density at radius 1 is 1.22 bits per heavy atom. The van der Waals surface area contributed by atoms with E-state index in [-0.39, 0.29) is 0 Å². The predicted octanol–water partition coefficient (Wildman–Crippen LogP) is 3.26. The number of para-hydroxylation sites is 1. The van der Waals surface area contributed by atoms with E-state index in [1.807, 2.05) is 18.3 Å². The van der Waals surface area contributed by atoms with Crippen molar-refractivity contribution in [2.24, 2.45) is 0 Å². The van der Waals surface area contributed by atoms with Gasteiger partial charge in [-0.05, 0) is 12.0 Å². The van der Waals surface area contributed by atoms with E-state index in [1.165, 1.54) is 0 Å². The fraction of sp³-hybridized carbons (Fsp3) is 0.214. The first-order valence-corrected chi connectivity index (χ1v) is 6.08. The molecule has 0 aliphatic heterocycles. The molecule has 1 aromatic carbocycles. The maximum atomic E-state index is 5.94. The number of hydrogen-bond donors (Lipinski definition) is 3. The number of benzene rings is 1. The Balaban J connectivity index is 2.17. The van der Waals surface area contributed by atoms with E-state index >= 15 is 0 Å². The van der Waals surface area contributed by atoms with Gasteiger partial charge in [-0.15, -0.1) is 0 Å². The van der Waals surface area contributed by atoms with Crippen LogP contribution >= 0.6 is 0 Å². The lowest BCUT2D eigenvalue weighted by Gasteiger charge is -2.00. The van der Waals surface area contributed by atoms with Crippen LogP contribution in [0.4, 0.5) is 5.82 Å². The molecule has 0 unspecified atom stereocenters. The number of H-pyrrole nitrogens is 2. The van der Waals surface area contributed by atoms with Gasteiger partial charge >= 0.3 is 0 Å². The molecule has 4 N–H and O–H groups in total. The molecule has 0 fully saturated rings. The van der Waals surface area contributed by atoms with Gasteiger partial charge in [-0.1, -0.05) is 32.0 Å². The summed E-state index contributed by atoms with van der Waals surface area (Å²) in [5, 5.41) is 1.15. The van der Waals surface area contributed by atoms with Crippen molar-refractivity contribution < 1.29 is 0 Å². The highest BCUT2D eigenvalue weighted by molar-refractivity contribution is 5.93. The Kier molecular flexibility index (Phi) is 2.37. The molecule has 18 heavy (non-hydrogen) atoms. The standard InChI is InChI=1S/C14H16N4/c1-8(2)12-13(15)18-14(17-12)10-7-16-11-6-4-3-5-9(10)11/h3-8,16H,15H2,1-2H3,(H,17,18). The maximum absolute atomic E-state index is 5.94. The minimum atomic E-state index is 0.344. The van der Waals surface area contributed by atoms with Gasteiger partial charge in [-0.2, -0.15) is 0 Å². The van der Waals surface area contributed by atoms with Gasteiger partial charge < -0.3 is 15.7 Å². The highest BCUT2D eigenvalue weighted by Gasteiger charge is 2.14. The highest BCUT2D eigenvalue weighted by Crippen LogP contribution is 2.29. The number of aromatic nitrogens is 3. The first kappa shape index (κ1) is 10.9. The minimum Gasteiger partial charge on any atom is -0.382 e. The third-order valence-corrected chi connectivity index (χ3v) is 3.18. The Morgan fingerprint density at radius 3 is 2.72 bits per heavy atom. The zero-order valence-electron chi connectivity index (χ0n) is 10.5. The lowest BCUT2D eigenvalue weighted by molar-refractivity contribution is 0.836. The first-order chi connectivity index (χ1) is 8.66. The van der Waals surface area contributed by atoms with Crippen molar-refractivity contribution in [1.29, 1.82) is 0 Å². The van der Waals surface area contributed by atoms with Crippen LogP contribution in [0.15, 0.2) is 30.5 Å². The average Bonchev–Trinajstić information content (AvgIpc) is 2.92. The molecule has 0 aliphatic carbocycles. The number of aromatic amines is 2. The molecule has 2 aromatic heterocycles. The molecule has 3 rings (SSSR count). The number of nitrogen functional groups attached to an aromatic ring is 1. The van der Waals surface area contributed by atoms with Gasteiger partial charge in [0.15, 0.2) is 0 Å². The molecule has 0 atom stereocenters. The number of anilines is 1. The summed E-state index contributed by atoms with van der Waals surface area (Å²) in [4.78, 5) is 11.0. The summed E-state index contributed by atoms with van der Waals surface area (Å²) in [6, 6.07) is 8.16. The Hall–Kier alpha value is -2.23. The highest BCUT2D eigenvalue weighted by atomic mass is 15.0. The molecule has 0 spiro atoms. The van der Waals surface area contributed by atoms with Crippen LogP contribution in [-0.2, 0) is 0 Å². The van der Waals surface area contributed by atoms with Gasteiger partial charge in [0.25, 0.3) is 0 Å². The molecule has 2 heterocycles. The van der Waals surface area contributed by atoms with E-state index in [9.17, 15) is 0 Å². The van der Waals surface area contributed by atoms with Crippen LogP contribution < -0.4 is 5.73 Å². The third kappa shape index (κ3) is 1.57. The Labute approximate surface area is 105 Å². The van der Waals surface area contributed by atoms with E-state index in [4.69, 9.17) is 5.73 Å². The summed E-state index contributed by atoms with van der Waals surface area (Å²) in [5.41, 5.74) is 9.10. The topological polar surface area (TPSA) is 70.5 Å². The van der Waals surface area contributed by atoms with Gasteiger partial charge in [0, 0.05) is 22.7 Å². The second-order valence-electron chi connectivity index (χ2n) is 4.79. The number of hydrogen-bond acceptors (Lipinski definition) is 2. The van der Waals surface area contributed by atoms with Crippen LogP contribution in [0, 0.1) is 0 Å². The zero-order valence-corrected chi connectivity index (χ0v) is 10.5. The van der Waals surface area contributed by atoms with Crippen molar-refractivity contribution in [1.82, 2.24) is 15.0 Å². The normalized spacial score (nSPS) is 11.5. The largest absolute Gasteiger partial charge is 0.382 e. The predicted molar refractivity (Wildman–Crippen MR) is 74.4 cm³/mol. The number of imidazole rings is 1. The molecule has 0 aliphatic rings. The second kappa shape index (κ2) is 3.91. The quantitative estimate of drug-likeness (QED) is 0.643. The fourth-order valence-corrected chi connectivity index (χ4v) is 2.24. The van der Waals surface area contributed by atoms with Gasteiger partial charge in [-0.3, -0.25) is 0 Å². The van der Waals surface area contributed by atoms with Crippen molar-refractivity contribution in [3.8, 4) is 11.4 Å². The third-order valence-electron chi connectivity index (χ3n) is 3.18. The number of nitrogens with two attached hydrogens (primary N) is 1. The summed E-state index contributed by atoms with van der Waals surface area (Å²) in [5.74, 6) is 1.76. The van der Waals surface area contributed by atoms with Crippen LogP contribution in [0.25, 0.3) is 22.3 Å². The molecule has 0 saturated heterocycles. The van der Waals surface area contributed by atoms with E-state index in [0.717, 1.165) is 28.0 Å². The van der Waals surface area contributed by atoms with Gasteiger partial charge in [0.1, 0.15) is 11.6 Å². The van der Waals surface area contributed by atoms with E-state index < -0.39 is 0 Å². The number of nitrogens with zero attached hydrogens (tertiary/aromatic N) is 1. The zero-order chi connectivity index (χ0) is 12.7. The lowest BCUT2D eigenvalue weighted by Crippen LogP contribution is -1.94. The van der Waals surface area contributed by atoms with E-state index in [2.05, 4.69) is 40.9 Å². The SMILES string of the molecule is CC(C)c1[nH]c(-c2c[nH]c3ccccc23)nc1N. The van der Waals surface area contributed by atoms with Crippen molar-refractivity contribution in [2.75, 3.05) is 5.73 Å². The number of fused-ring (bicyclic) bond motifs is 1. The number of nitrogens with one attached hydrogen (secondary N) is 2. The molecule has 92 valence electrons. The molecule has 3 aromatic rings. The fourth-order valence-electron chi connectivity index (χ4n) is 2.24. The monoisotopic (exact) mass is 240 g/mol. The molecule has 4 nitrogen and oxygen atoms in total. The molecule has 0 saturated carbocycles. The Bertz CT molecular complexity index is 691. The Morgan fingerprint density at radius 2 is 2.00 bits per heavy atom. The average molecular weight is 240 g/mol. The molecule has 4 heteroatoms. The van der Waals surface area contributed by atoms with Crippen molar-refractivity contribution in [3.05, 3.63) is 36.2 Å². The molecule has 0 radical (unpaired) electrons. The van der Waals surface area contributed by atoms with Crippen molar-refractivity contribution >= 4 is 16.7 Å². The first-order valence-electron chi connectivity index (χ1n) is 6.08. The molecule has 0 bridgehead atoms. The van der Waals surface area contributed by atoms with E-state index in [1.54, 1.807) is 0 Å².